The Morgan fingerprint density at radius 1 is 1.16 bits per heavy atom. The number of anilines is 1. The summed E-state index contributed by atoms with van der Waals surface area (Å²) >= 11 is 0. The van der Waals surface area contributed by atoms with E-state index in [-0.39, 0.29) is 12.2 Å². The molecule has 0 aromatic heterocycles. The second-order valence-electron chi connectivity index (χ2n) is 5.39. The molecular formula is C16H14F3N3O2S. The zero-order valence-electron chi connectivity index (χ0n) is 13.1. The molecule has 0 aliphatic rings. The summed E-state index contributed by atoms with van der Waals surface area (Å²) in [5.41, 5.74) is -0.121. The minimum atomic E-state index is -4.74. The standard InChI is InChI=1S/C16H14F3N3O2S/c1-22(10-12-4-2-11(9-20)3-5-12)15-7-6-13(25(21,23)24)8-14(15)16(17,18)19/h2-8H,10H2,1H3,(H2,21,23,24). The second kappa shape index (κ2) is 6.74. The normalized spacial score (nSPS) is 11.8. The molecule has 5 nitrogen and oxygen atoms in total. The monoisotopic (exact) mass is 369 g/mol. The van der Waals surface area contributed by atoms with E-state index in [2.05, 4.69) is 0 Å². The van der Waals surface area contributed by atoms with Crippen molar-refractivity contribution in [1.29, 1.82) is 5.26 Å². The summed E-state index contributed by atoms with van der Waals surface area (Å²) in [6.45, 7) is 0.142. The van der Waals surface area contributed by atoms with E-state index in [1.165, 1.54) is 11.9 Å². The quantitative estimate of drug-likeness (QED) is 0.898. The molecule has 0 saturated heterocycles. The first-order chi connectivity index (χ1) is 11.5. The first kappa shape index (κ1) is 18.8. The Hall–Kier alpha value is -2.57. The lowest BCUT2D eigenvalue weighted by Gasteiger charge is -2.24. The van der Waals surface area contributed by atoms with Crippen LogP contribution in [0.2, 0.25) is 0 Å². The number of alkyl halides is 3. The summed E-state index contributed by atoms with van der Waals surface area (Å²) in [4.78, 5) is 0.743. The number of benzene rings is 2. The van der Waals surface area contributed by atoms with Gasteiger partial charge in [-0.15, -0.1) is 0 Å². The number of halogens is 3. The highest BCUT2D eigenvalue weighted by Gasteiger charge is 2.35. The minimum Gasteiger partial charge on any atom is -0.370 e. The van der Waals surface area contributed by atoms with E-state index in [9.17, 15) is 21.6 Å². The lowest BCUT2D eigenvalue weighted by atomic mass is 10.1. The third-order valence-corrected chi connectivity index (χ3v) is 4.43. The van der Waals surface area contributed by atoms with E-state index in [0.29, 0.717) is 17.2 Å². The summed E-state index contributed by atoms with van der Waals surface area (Å²) in [6.07, 6.45) is -4.74. The van der Waals surface area contributed by atoms with Crippen LogP contribution in [-0.4, -0.2) is 15.5 Å². The predicted molar refractivity (Wildman–Crippen MR) is 86.1 cm³/mol. The zero-order valence-corrected chi connectivity index (χ0v) is 13.9. The number of rotatable bonds is 4. The molecule has 9 heteroatoms. The van der Waals surface area contributed by atoms with Crippen molar-refractivity contribution in [3.63, 3.8) is 0 Å². The first-order valence-electron chi connectivity index (χ1n) is 6.96. The van der Waals surface area contributed by atoms with E-state index < -0.39 is 26.7 Å². The van der Waals surface area contributed by atoms with E-state index in [0.717, 1.165) is 12.1 Å². The maximum Gasteiger partial charge on any atom is 0.418 e. The van der Waals surface area contributed by atoms with Crippen LogP contribution in [0.25, 0.3) is 0 Å². The van der Waals surface area contributed by atoms with Gasteiger partial charge in [0.15, 0.2) is 0 Å². The van der Waals surface area contributed by atoms with Crippen LogP contribution in [0.5, 0.6) is 0 Å². The van der Waals surface area contributed by atoms with Gasteiger partial charge in [0.1, 0.15) is 0 Å². The van der Waals surface area contributed by atoms with Crippen LogP contribution < -0.4 is 10.0 Å². The van der Waals surface area contributed by atoms with Crippen molar-refractivity contribution in [2.45, 2.75) is 17.6 Å². The first-order valence-corrected chi connectivity index (χ1v) is 8.51. The van der Waals surface area contributed by atoms with Gasteiger partial charge in [-0.1, -0.05) is 12.1 Å². The fourth-order valence-corrected chi connectivity index (χ4v) is 2.84. The van der Waals surface area contributed by atoms with Crippen molar-refractivity contribution < 1.29 is 21.6 Å². The molecule has 0 amide bonds. The maximum absolute atomic E-state index is 13.3. The van der Waals surface area contributed by atoms with Crippen molar-refractivity contribution in [1.82, 2.24) is 0 Å². The summed E-state index contributed by atoms with van der Waals surface area (Å²) in [5, 5.41) is 13.7. The predicted octanol–water partition coefficient (Wildman–Crippen LogP) is 2.86. The summed E-state index contributed by atoms with van der Waals surface area (Å²) in [6, 6.07) is 11.0. The van der Waals surface area contributed by atoms with E-state index in [4.69, 9.17) is 10.4 Å². The Labute approximate surface area is 143 Å². The molecule has 0 aliphatic heterocycles. The highest BCUT2D eigenvalue weighted by molar-refractivity contribution is 7.89. The molecule has 2 rings (SSSR count). The lowest BCUT2D eigenvalue weighted by molar-refractivity contribution is -0.137. The average molecular weight is 369 g/mol. The van der Waals surface area contributed by atoms with Crippen molar-refractivity contribution >= 4 is 15.7 Å². The fourth-order valence-electron chi connectivity index (χ4n) is 2.30. The van der Waals surface area contributed by atoms with Crippen molar-refractivity contribution in [2.24, 2.45) is 5.14 Å². The average Bonchev–Trinajstić information content (AvgIpc) is 2.53. The highest BCUT2D eigenvalue weighted by atomic mass is 32.2. The number of hydrogen-bond donors (Lipinski definition) is 1. The number of hydrogen-bond acceptors (Lipinski definition) is 4. The molecule has 0 atom stereocenters. The van der Waals surface area contributed by atoms with Crippen LogP contribution in [0.15, 0.2) is 47.4 Å². The van der Waals surface area contributed by atoms with Gasteiger partial charge in [-0.25, -0.2) is 13.6 Å². The topological polar surface area (TPSA) is 87.2 Å². The van der Waals surface area contributed by atoms with E-state index >= 15 is 0 Å². The van der Waals surface area contributed by atoms with E-state index in [1.807, 2.05) is 6.07 Å². The van der Waals surface area contributed by atoms with Gasteiger partial charge in [0.25, 0.3) is 0 Å². The molecule has 0 radical (unpaired) electrons. The Bertz CT molecular complexity index is 917. The largest absolute Gasteiger partial charge is 0.418 e. The van der Waals surface area contributed by atoms with Crippen molar-refractivity contribution in [2.75, 3.05) is 11.9 Å². The Morgan fingerprint density at radius 3 is 2.24 bits per heavy atom. The van der Waals surface area contributed by atoms with Gasteiger partial charge in [-0.3, -0.25) is 0 Å². The molecule has 25 heavy (non-hydrogen) atoms. The summed E-state index contributed by atoms with van der Waals surface area (Å²) in [7, 11) is -2.79. The van der Waals surface area contributed by atoms with Gasteiger partial charge in [0.2, 0.25) is 10.0 Å². The van der Waals surface area contributed by atoms with Gasteiger partial charge in [-0.2, -0.15) is 18.4 Å². The highest BCUT2D eigenvalue weighted by Crippen LogP contribution is 2.38. The number of sulfonamides is 1. The van der Waals surface area contributed by atoms with Crippen LogP contribution >= 0.6 is 0 Å². The van der Waals surface area contributed by atoms with Crippen LogP contribution in [0.1, 0.15) is 16.7 Å². The molecule has 2 aromatic rings. The van der Waals surface area contributed by atoms with Crippen LogP contribution in [-0.2, 0) is 22.7 Å². The van der Waals surface area contributed by atoms with Gasteiger partial charge in [-0.05, 0) is 35.9 Å². The lowest BCUT2D eigenvalue weighted by Crippen LogP contribution is -2.22. The van der Waals surface area contributed by atoms with Gasteiger partial charge in [0, 0.05) is 19.3 Å². The van der Waals surface area contributed by atoms with Crippen LogP contribution in [0.4, 0.5) is 18.9 Å². The summed E-state index contributed by atoms with van der Waals surface area (Å²) < 4.78 is 62.6. The number of nitriles is 1. The number of nitrogens with zero attached hydrogens (tertiary/aromatic N) is 2. The molecule has 132 valence electrons. The molecule has 2 N–H and O–H groups in total. The van der Waals surface area contributed by atoms with E-state index in [1.54, 1.807) is 24.3 Å². The Balaban J connectivity index is 2.41. The molecule has 0 bridgehead atoms. The SMILES string of the molecule is CN(Cc1ccc(C#N)cc1)c1ccc(S(N)(=O)=O)cc1C(F)(F)F. The van der Waals surface area contributed by atoms with Gasteiger partial charge >= 0.3 is 6.18 Å². The maximum atomic E-state index is 13.3. The van der Waals surface area contributed by atoms with Crippen LogP contribution in [0, 0.1) is 11.3 Å². The second-order valence-corrected chi connectivity index (χ2v) is 6.95. The molecule has 0 spiro atoms. The summed E-state index contributed by atoms with van der Waals surface area (Å²) in [5.74, 6) is 0. The number of primary sulfonamides is 1. The zero-order chi connectivity index (χ0) is 18.8. The molecule has 0 aliphatic carbocycles. The third kappa shape index (κ3) is 4.49. The fraction of sp³-hybridized carbons (Fsp3) is 0.188. The van der Waals surface area contributed by atoms with Gasteiger partial charge in [0.05, 0.1) is 22.1 Å². The Kier molecular flexibility index (Phi) is 5.06. The molecular weight excluding hydrogens is 355 g/mol. The molecule has 0 fully saturated rings. The minimum absolute atomic E-state index is 0.142. The third-order valence-electron chi connectivity index (χ3n) is 3.52. The molecule has 0 unspecified atom stereocenters. The van der Waals surface area contributed by atoms with Gasteiger partial charge < -0.3 is 4.90 Å². The van der Waals surface area contributed by atoms with Crippen LogP contribution in [0.3, 0.4) is 0 Å². The molecule has 2 aromatic carbocycles. The Morgan fingerprint density at radius 2 is 1.76 bits per heavy atom. The van der Waals surface area contributed by atoms with Crippen molar-refractivity contribution in [3.8, 4) is 6.07 Å². The van der Waals surface area contributed by atoms with Crippen molar-refractivity contribution in [3.05, 3.63) is 59.2 Å². The smallest absolute Gasteiger partial charge is 0.370 e. The number of nitrogens with two attached hydrogens (primary N) is 1. The molecule has 0 heterocycles. The molecule has 0 saturated carbocycles.